The monoisotopic (exact) mass is 250 g/mol. The summed E-state index contributed by atoms with van der Waals surface area (Å²) in [4.78, 5) is 7.67. The molecule has 0 bridgehead atoms. The van der Waals surface area contributed by atoms with E-state index in [2.05, 4.69) is 20.6 Å². The SMILES string of the molecule is CNc1ncc(F)c(Nc2ccc(F)c(C)c2)n1. The van der Waals surface area contributed by atoms with Crippen molar-refractivity contribution >= 4 is 17.5 Å². The van der Waals surface area contributed by atoms with Crippen molar-refractivity contribution in [3.05, 3.63) is 41.6 Å². The molecule has 1 heterocycles. The van der Waals surface area contributed by atoms with Gasteiger partial charge >= 0.3 is 0 Å². The first-order valence-corrected chi connectivity index (χ1v) is 5.33. The van der Waals surface area contributed by atoms with E-state index in [0.717, 1.165) is 6.20 Å². The Morgan fingerprint density at radius 2 is 1.94 bits per heavy atom. The summed E-state index contributed by atoms with van der Waals surface area (Å²) in [6.45, 7) is 1.63. The quantitative estimate of drug-likeness (QED) is 0.879. The molecule has 0 fully saturated rings. The highest BCUT2D eigenvalue weighted by atomic mass is 19.1. The van der Waals surface area contributed by atoms with Crippen molar-refractivity contribution in [1.29, 1.82) is 0 Å². The predicted molar refractivity (Wildman–Crippen MR) is 66.0 cm³/mol. The summed E-state index contributed by atoms with van der Waals surface area (Å²) in [5, 5.41) is 5.49. The summed E-state index contributed by atoms with van der Waals surface area (Å²) in [5.74, 6) is -0.534. The Labute approximate surface area is 103 Å². The van der Waals surface area contributed by atoms with Crippen molar-refractivity contribution in [2.45, 2.75) is 6.92 Å². The van der Waals surface area contributed by atoms with Gasteiger partial charge in [-0.2, -0.15) is 4.98 Å². The molecule has 1 aromatic heterocycles. The van der Waals surface area contributed by atoms with E-state index in [9.17, 15) is 8.78 Å². The maximum absolute atomic E-state index is 13.5. The molecule has 0 atom stereocenters. The fraction of sp³-hybridized carbons (Fsp3) is 0.167. The molecule has 0 radical (unpaired) electrons. The van der Waals surface area contributed by atoms with Crippen LogP contribution < -0.4 is 10.6 Å². The third kappa shape index (κ3) is 2.53. The lowest BCUT2D eigenvalue weighted by Gasteiger charge is -2.08. The lowest BCUT2D eigenvalue weighted by Crippen LogP contribution is -2.03. The first-order valence-electron chi connectivity index (χ1n) is 5.33. The molecule has 2 N–H and O–H groups in total. The summed E-state index contributed by atoms with van der Waals surface area (Å²) >= 11 is 0. The molecule has 0 aliphatic heterocycles. The van der Waals surface area contributed by atoms with Gasteiger partial charge < -0.3 is 10.6 Å². The van der Waals surface area contributed by atoms with Gasteiger partial charge in [-0.05, 0) is 30.7 Å². The van der Waals surface area contributed by atoms with Crippen LogP contribution in [0.5, 0.6) is 0 Å². The largest absolute Gasteiger partial charge is 0.357 e. The van der Waals surface area contributed by atoms with Gasteiger partial charge in [0.2, 0.25) is 5.95 Å². The van der Waals surface area contributed by atoms with Crippen molar-refractivity contribution in [2.75, 3.05) is 17.7 Å². The molecule has 0 amide bonds. The highest BCUT2D eigenvalue weighted by molar-refractivity contribution is 5.58. The molecular formula is C12H12F2N4. The molecule has 0 aliphatic rings. The van der Waals surface area contributed by atoms with Crippen molar-refractivity contribution < 1.29 is 8.78 Å². The fourth-order valence-corrected chi connectivity index (χ4v) is 1.43. The van der Waals surface area contributed by atoms with Crippen molar-refractivity contribution in [3.8, 4) is 0 Å². The number of aromatic nitrogens is 2. The maximum atomic E-state index is 13.5. The Kier molecular flexibility index (Phi) is 3.36. The van der Waals surface area contributed by atoms with Gasteiger partial charge in [-0.3, -0.25) is 0 Å². The van der Waals surface area contributed by atoms with E-state index in [1.165, 1.54) is 12.1 Å². The molecule has 6 heteroatoms. The highest BCUT2D eigenvalue weighted by Gasteiger charge is 2.07. The summed E-state index contributed by atoms with van der Waals surface area (Å²) in [7, 11) is 1.64. The van der Waals surface area contributed by atoms with Crippen LogP contribution in [0.3, 0.4) is 0 Å². The third-order valence-corrected chi connectivity index (χ3v) is 2.39. The van der Waals surface area contributed by atoms with Crippen molar-refractivity contribution in [1.82, 2.24) is 9.97 Å². The van der Waals surface area contributed by atoms with E-state index in [4.69, 9.17) is 0 Å². The average molecular weight is 250 g/mol. The zero-order valence-electron chi connectivity index (χ0n) is 9.96. The summed E-state index contributed by atoms with van der Waals surface area (Å²) in [6, 6.07) is 4.41. The van der Waals surface area contributed by atoms with Crippen molar-refractivity contribution in [3.63, 3.8) is 0 Å². The number of nitrogens with one attached hydrogen (secondary N) is 2. The van der Waals surface area contributed by atoms with Gasteiger partial charge in [-0.15, -0.1) is 0 Å². The molecule has 0 saturated heterocycles. The third-order valence-electron chi connectivity index (χ3n) is 2.39. The number of benzene rings is 1. The highest BCUT2D eigenvalue weighted by Crippen LogP contribution is 2.20. The number of hydrogen-bond acceptors (Lipinski definition) is 4. The lowest BCUT2D eigenvalue weighted by molar-refractivity contribution is 0.617. The molecule has 18 heavy (non-hydrogen) atoms. The smallest absolute Gasteiger partial charge is 0.224 e. The average Bonchev–Trinajstić information content (AvgIpc) is 2.36. The van der Waals surface area contributed by atoms with Gasteiger partial charge in [0.25, 0.3) is 0 Å². The summed E-state index contributed by atoms with van der Waals surface area (Å²) in [5.41, 5.74) is 1.04. The zero-order chi connectivity index (χ0) is 13.1. The minimum Gasteiger partial charge on any atom is -0.357 e. The standard InChI is InChI=1S/C12H12F2N4/c1-7-5-8(3-4-9(7)13)17-11-10(14)6-16-12(15-2)18-11/h3-6H,1-2H3,(H2,15,16,17,18). The van der Waals surface area contributed by atoms with E-state index in [1.54, 1.807) is 20.0 Å². The molecule has 2 aromatic rings. The molecule has 2 rings (SSSR count). The number of hydrogen-bond donors (Lipinski definition) is 2. The van der Waals surface area contributed by atoms with Crippen molar-refractivity contribution in [2.24, 2.45) is 0 Å². The first kappa shape index (κ1) is 12.2. The Hall–Kier alpha value is -2.24. The molecule has 0 unspecified atom stereocenters. The van der Waals surface area contributed by atoms with Crippen LogP contribution in [0.2, 0.25) is 0 Å². The minimum absolute atomic E-state index is 0.0420. The number of nitrogens with zero attached hydrogens (tertiary/aromatic N) is 2. The molecule has 0 saturated carbocycles. The fourth-order valence-electron chi connectivity index (χ4n) is 1.43. The molecule has 4 nitrogen and oxygen atoms in total. The van der Waals surface area contributed by atoms with E-state index in [-0.39, 0.29) is 11.6 Å². The van der Waals surface area contributed by atoms with E-state index >= 15 is 0 Å². The van der Waals surface area contributed by atoms with Crippen LogP contribution in [-0.2, 0) is 0 Å². The van der Waals surface area contributed by atoms with E-state index in [1.807, 2.05) is 0 Å². The van der Waals surface area contributed by atoms with Crippen LogP contribution in [0, 0.1) is 18.6 Å². The summed E-state index contributed by atoms with van der Waals surface area (Å²) in [6.07, 6.45) is 1.07. The molecule has 0 aliphatic carbocycles. The van der Waals surface area contributed by atoms with Gasteiger partial charge in [0.1, 0.15) is 5.82 Å². The van der Waals surface area contributed by atoms with Crippen LogP contribution >= 0.6 is 0 Å². The predicted octanol–water partition coefficient (Wildman–Crippen LogP) is 2.85. The van der Waals surface area contributed by atoms with Gasteiger partial charge in [-0.25, -0.2) is 13.8 Å². The van der Waals surface area contributed by atoms with Crippen LogP contribution in [-0.4, -0.2) is 17.0 Å². The van der Waals surface area contributed by atoms with Crippen LogP contribution in [0.25, 0.3) is 0 Å². The molecule has 1 aromatic carbocycles. The normalized spacial score (nSPS) is 10.2. The topological polar surface area (TPSA) is 49.8 Å². The minimum atomic E-state index is -0.573. The van der Waals surface area contributed by atoms with E-state index < -0.39 is 5.82 Å². The Bertz CT molecular complexity index is 572. The van der Waals surface area contributed by atoms with Gasteiger partial charge in [-0.1, -0.05) is 0 Å². The van der Waals surface area contributed by atoms with Gasteiger partial charge in [0.05, 0.1) is 6.20 Å². The van der Waals surface area contributed by atoms with Crippen LogP contribution in [0.1, 0.15) is 5.56 Å². The second kappa shape index (κ2) is 4.95. The maximum Gasteiger partial charge on any atom is 0.224 e. The van der Waals surface area contributed by atoms with E-state index in [0.29, 0.717) is 17.2 Å². The van der Waals surface area contributed by atoms with Gasteiger partial charge in [0, 0.05) is 12.7 Å². The molecular weight excluding hydrogens is 238 g/mol. The lowest BCUT2D eigenvalue weighted by atomic mass is 10.2. The Morgan fingerprint density at radius 1 is 1.17 bits per heavy atom. The van der Waals surface area contributed by atoms with Gasteiger partial charge in [0.15, 0.2) is 11.6 Å². The Morgan fingerprint density at radius 3 is 2.61 bits per heavy atom. The summed E-state index contributed by atoms with van der Waals surface area (Å²) < 4.78 is 26.6. The second-order valence-electron chi connectivity index (χ2n) is 3.73. The second-order valence-corrected chi connectivity index (χ2v) is 3.73. The molecule has 0 spiro atoms. The number of anilines is 3. The van der Waals surface area contributed by atoms with Crippen LogP contribution in [0.15, 0.2) is 24.4 Å². The number of rotatable bonds is 3. The zero-order valence-corrected chi connectivity index (χ0v) is 9.96. The molecule has 94 valence electrons. The van der Waals surface area contributed by atoms with Crippen LogP contribution in [0.4, 0.5) is 26.2 Å². The number of aryl methyl sites for hydroxylation is 1. The first-order chi connectivity index (χ1) is 8.60. The Balaban J connectivity index is 2.30. The number of halogens is 2.